The van der Waals surface area contributed by atoms with E-state index in [0.29, 0.717) is 52.5 Å². The molecule has 11 heteroatoms. The van der Waals surface area contributed by atoms with Crippen molar-refractivity contribution in [2.75, 3.05) is 61.4 Å². The van der Waals surface area contributed by atoms with Crippen LogP contribution in [0.3, 0.4) is 0 Å². The zero-order valence-electron chi connectivity index (χ0n) is 24.6. The molecule has 6 heterocycles. The number of hydrogen-bond acceptors (Lipinski definition) is 11. The normalized spacial score (nSPS) is 30.7. The lowest BCUT2D eigenvalue weighted by Crippen LogP contribution is -2.59. The molecule has 6 fully saturated rings. The van der Waals surface area contributed by atoms with Crippen molar-refractivity contribution in [2.45, 2.75) is 81.3 Å². The number of aromatic nitrogens is 2. The molecular weight excluding hydrogens is 558 g/mol. The Bertz CT molecular complexity index is 1550. The van der Waals surface area contributed by atoms with Crippen molar-refractivity contribution in [1.29, 1.82) is 10.5 Å². The Hall–Kier alpha value is -3.12. The molecule has 0 amide bonds. The molecule has 4 atom stereocenters. The lowest BCUT2D eigenvalue weighted by Gasteiger charge is -2.49. The summed E-state index contributed by atoms with van der Waals surface area (Å²) in [6, 6.07) is 6.90. The summed E-state index contributed by atoms with van der Waals surface area (Å²) < 4.78 is 6.51. The average Bonchev–Trinajstić information content (AvgIpc) is 3.44. The Kier molecular flexibility index (Phi) is 5.77. The fraction of sp³-hybridized carbons (Fsp3) is 0.688. The highest BCUT2D eigenvalue weighted by molar-refractivity contribution is 7.16. The third kappa shape index (κ3) is 4.15. The van der Waals surface area contributed by atoms with Gasteiger partial charge in [-0.15, -0.1) is 11.3 Å². The monoisotopic (exact) mass is 597 g/mol. The van der Waals surface area contributed by atoms with Crippen LogP contribution >= 0.6 is 11.3 Å². The zero-order valence-corrected chi connectivity index (χ0v) is 25.5. The lowest BCUT2D eigenvalue weighted by molar-refractivity contribution is 0.130. The molecule has 2 aromatic heterocycles. The fourth-order valence-corrected chi connectivity index (χ4v) is 10.5. The van der Waals surface area contributed by atoms with Gasteiger partial charge in [0.1, 0.15) is 22.7 Å². The predicted molar refractivity (Wildman–Crippen MR) is 164 cm³/mol. The number of piperidine rings is 1. The van der Waals surface area contributed by atoms with E-state index in [4.69, 9.17) is 20.4 Å². The average molecular weight is 598 g/mol. The summed E-state index contributed by atoms with van der Waals surface area (Å²) in [5.74, 6) is 2.29. The molecule has 43 heavy (non-hydrogen) atoms. The Morgan fingerprint density at radius 1 is 0.953 bits per heavy atom. The number of piperazine rings is 1. The molecule has 9 rings (SSSR count). The number of anilines is 3. The number of nitrogen functional groups attached to an aromatic ring is 1. The van der Waals surface area contributed by atoms with Crippen LogP contribution in [0.2, 0.25) is 0 Å². The fourth-order valence-electron chi connectivity index (χ4n) is 9.38. The largest absolute Gasteiger partial charge is 0.463 e. The molecule has 10 nitrogen and oxygen atoms in total. The quantitative estimate of drug-likeness (QED) is 0.491. The summed E-state index contributed by atoms with van der Waals surface area (Å²) in [4.78, 5) is 18.4. The van der Waals surface area contributed by atoms with Gasteiger partial charge in [0.15, 0.2) is 11.6 Å². The number of nitrogens with two attached hydrogens (primary N) is 1. The van der Waals surface area contributed by atoms with Gasteiger partial charge in [0.25, 0.3) is 0 Å². The van der Waals surface area contributed by atoms with Crippen molar-refractivity contribution < 1.29 is 4.74 Å². The first-order valence-electron chi connectivity index (χ1n) is 16.2. The molecule has 2 aromatic rings. The molecule has 224 valence electrons. The number of rotatable bonds is 7. The van der Waals surface area contributed by atoms with Crippen LogP contribution in [0.1, 0.15) is 72.9 Å². The van der Waals surface area contributed by atoms with E-state index in [0.717, 1.165) is 75.9 Å². The number of likely N-dealkylation sites (tertiary alicyclic amines) is 1. The van der Waals surface area contributed by atoms with Crippen LogP contribution < -0.4 is 25.6 Å². The predicted octanol–water partition coefficient (Wildman–Crippen LogP) is 3.15. The van der Waals surface area contributed by atoms with Gasteiger partial charge >= 0.3 is 6.01 Å². The highest BCUT2D eigenvalue weighted by Gasteiger charge is 2.53. The maximum absolute atomic E-state index is 10.5. The molecule has 0 aromatic carbocycles. The molecule has 4 aliphatic heterocycles. The molecule has 4 unspecified atom stereocenters. The van der Waals surface area contributed by atoms with Gasteiger partial charge < -0.3 is 25.6 Å². The summed E-state index contributed by atoms with van der Waals surface area (Å²) in [7, 11) is 0. The maximum Gasteiger partial charge on any atom is 0.320 e. The molecule has 1 spiro atoms. The van der Waals surface area contributed by atoms with E-state index in [1.807, 2.05) is 0 Å². The van der Waals surface area contributed by atoms with E-state index in [2.05, 4.69) is 32.2 Å². The summed E-state index contributed by atoms with van der Waals surface area (Å²) in [6.45, 7) is 6.14. The van der Waals surface area contributed by atoms with E-state index in [-0.39, 0.29) is 10.8 Å². The first kappa shape index (κ1) is 26.3. The summed E-state index contributed by atoms with van der Waals surface area (Å²) in [5, 5.41) is 24.7. The second-order valence-corrected chi connectivity index (χ2v) is 15.8. The van der Waals surface area contributed by atoms with Gasteiger partial charge in [0, 0.05) is 73.1 Å². The number of nitriles is 2. The zero-order chi connectivity index (χ0) is 28.9. The SMILES string of the molecule is N#Cc1c(N2CC3CCC(C2)N3)nc(OCC2(CN3CC4CCC3C4)CC2)nc1N1CC2(CCc3sc(N)c(C#N)c32)C1. The number of nitrogens with one attached hydrogen (secondary N) is 1. The smallest absolute Gasteiger partial charge is 0.320 e. The van der Waals surface area contributed by atoms with Gasteiger partial charge in [0.2, 0.25) is 0 Å². The van der Waals surface area contributed by atoms with E-state index in [1.54, 1.807) is 11.3 Å². The van der Waals surface area contributed by atoms with Crippen LogP contribution in [0.25, 0.3) is 0 Å². The third-order valence-electron chi connectivity index (χ3n) is 11.8. The topological polar surface area (TPSA) is 130 Å². The Balaban J connectivity index is 1.01. The van der Waals surface area contributed by atoms with Crippen molar-refractivity contribution in [3.05, 3.63) is 21.6 Å². The number of hydrogen-bond donors (Lipinski definition) is 2. The van der Waals surface area contributed by atoms with E-state index < -0.39 is 0 Å². The van der Waals surface area contributed by atoms with Gasteiger partial charge in [-0.1, -0.05) is 0 Å². The molecule has 2 saturated carbocycles. The third-order valence-corrected chi connectivity index (χ3v) is 12.9. The lowest BCUT2D eigenvalue weighted by atomic mass is 9.74. The maximum atomic E-state index is 10.5. The Morgan fingerprint density at radius 3 is 2.35 bits per heavy atom. The summed E-state index contributed by atoms with van der Waals surface area (Å²) in [5.41, 5.74) is 8.67. The van der Waals surface area contributed by atoms with E-state index >= 15 is 0 Å². The minimum Gasteiger partial charge on any atom is -0.463 e. The van der Waals surface area contributed by atoms with Crippen LogP contribution in [0.4, 0.5) is 16.6 Å². The van der Waals surface area contributed by atoms with Gasteiger partial charge in [-0.2, -0.15) is 20.5 Å². The van der Waals surface area contributed by atoms with Crippen molar-refractivity contribution in [1.82, 2.24) is 20.2 Å². The minimum atomic E-state index is -0.102. The van der Waals surface area contributed by atoms with Crippen LogP contribution in [-0.2, 0) is 11.8 Å². The molecule has 3 aliphatic carbocycles. The standard InChI is InChI=1S/C32H39N9OS/c33-10-23-26-25(43-27(23)35)5-6-32(26)16-41(17-32)29-24(11-34)28(39-13-20-2-3-21(14-39)36-20)37-30(38-29)42-18-31(7-8-31)15-40-12-19-1-4-22(40)9-19/h19-22,36H,1-9,12-18,35H2. The highest BCUT2D eigenvalue weighted by Crippen LogP contribution is 2.53. The van der Waals surface area contributed by atoms with Gasteiger partial charge in [0.05, 0.1) is 12.2 Å². The molecule has 4 saturated heterocycles. The van der Waals surface area contributed by atoms with Crippen LogP contribution in [0.5, 0.6) is 6.01 Å². The minimum absolute atomic E-state index is 0.102. The first-order chi connectivity index (χ1) is 20.9. The van der Waals surface area contributed by atoms with Crippen LogP contribution in [0.15, 0.2) is 0 Å². The van der Waals surface area contributed by atoms with Crippen LogP contribution in [0, 0.1) is 34.0 Å². The molecule has 0 radical (unpaired) electrons. The number of ether oxygens (including phenoxy) is 1. The number of fused-ring (bicyclic) bond motifs is 6. The van der Waals surface area contributed by atoms with E-state index in [9.17, 15) is 10.5 Å². The van der Waals surface area contributed by atoms with Crippen molar-refractivity contribution in [3.63, 3.8) is 0 Å². The van der Waals surface area contributed by atoms with Crippen molar-refractivity contribution in [2.24, 2.45) is 11.3 Å². The van der Waals surface area contributed by atoms with Gasteiger partial charge in [-0.05, 0) is 69.3 Å². The van der Waals surface area contributed by atoms with E-state index in [1.165, 1.54) is 43.5 Å². The Labute approximate surface area is 256 Å². The van der Waals surface area contributed by atoms with Crippen molar-refractivity contribution in [3.8, 4) is 18.1 Å². The molecular formula is C32H39N9OS. The van der Waals surface area contributed by atoms with Crippen molar-refractivity contribution >= 4 is 28.0 Å². The van der Waals surface area contributed by atoms with Gasteiger partial charge in [-0.3, -0.25) is 4.90 Å². The number of thiophene rings is 1. The second kappa shape index (κ2) is 9.44. The molecule has 7 aliphatic rings. The number of nitrogens with zero attached hydrogens (tertiary/aromatic N) is 7. The van der Waals surface area contributed by atoms with Crippen LogP contribution in [-0.4, -0.2) is 78.9 Å². The highest BCUT2D eigenvalue weighted by atomic mass is 32.1. The summed E-state index contributed by atoms with van der Waals surface area (Å²) in [6.07, 6.45) is 10.8. The Morgan fingerprint density at radius 2 is 1.70 bits per heavy atom. The first-order valence-corrected chi connectivity index (χ1v) is 17.0. The number of aryl methyl sites for hydroxylation is 1. The molecule has 3 N–H and O–H groups in total. The van der Waals surface area contributed by atoms with Gasteiger partial charge in [-0.25, -0.2) is 0 Å². The molecule has 4 bridgehead atoms. The summed E-state index contributed by atoms with van der Waals surface area (Å²) >= 11 is 1.57. The second-order valence-electron chi connectivity index (χ2n) is 14.6.